The van der Waals surface area contributed by atoms with Crippen molar-refractivity contribution in [1.29, 1.82) is 0 Å². The van der Waals surface area contributed by atoms with Gasteiger partial charge in [-0.2, -0.15) is 0 Å². The summed E-state index contributed by atoms with van der Waals surface area (Å²) in [5.74, 6) is 0. The summed E-state index contributed by atoms with van der Waals surface area (Å²) in [5.41, 5.74) is 3.70. The maximum atomic E-state index is 8.99. The smallest absolute Gasteiger partial charge is 0.0571 e. The van der Waals surface area contributed by atoms with Crippen LogP contribution >= 0.6 is 0 Å². The summed E-state index contributed by atoms with van der Waals surface area (Å²) < 4.78 is 0. The second-order valence-corrected chi connectivity index (χ2v) is 5.48. The number of nitrogens with zero attached hydrogens (tertiary/aromatic N) is 1. The molecule has 2 nitrogen and oxygen atoms in total. The van der Waals surface area contributed by atoms with Crippen molar-refractivity contribution in [3.8, 4) is 0 Å². The van der Waals surface area contributed by atoms with Crippen LogP contribution in [0.25, 0.3) is 0 Å². The Bertz CT molecular complexity index is 538. The summed E-state index contributed by atoms with van der Waals surface area (Å²) in [6, 6.07) is 21.4. The molecule has 2 aromatic rings. The van der Waals surface area contributed by atoms with Crippen LogP contribution in [0.5, 0.6) is 0 Å². The number of hydrogen-bond acceptors (Lipinski definition) is 2. The molecule has 1 N–H and O–H groups in total. The first-order valence-corrected chi connectivity index (χ1v) is 7.16. The number of oxime groups is 1. The Hall–Kier alpha value is -2.09. The molecule has 0 aliphatic heterocycles. The Kier molecular flexibility index (Phi) is 3.55. The van der Waals surface area contributed by atoms with E-state index in [4.69, 9.17) is 5.21 Å². The van der Waals surface area contributed by atoms with E-state index in [0.29, 0.717) is 0 Å². The lowest BCUT2D eigenvalue weighted by atomic mass is 9.65. The minimum atomic E-state index is 0.0523. The summed E-state index contributed by atoms with van der Waals surface area (Å²) in [5, 5.41) is 12.4. The molecule has 0 atom stereocenters. The lowest BCUT2D eigenvalue weighted by Crippen LogP contribution is -2.33. The van der Waals surface area contributed by atoms with Crippen LogP contribution in [-0.4, -0.2) is 10.9 Å². The topological polar surface area (TPSA) is 32.6 Å². The van der Waals surface area contributed by atoms with E-state index in [1.54, 1.807) is 0 Å². The number of hydrogen-bond donors (Lipinski definition) is 1. The lowest BCUT2D eigenvalue weighted by molar-refractivity contribution is 0.309. The van der Waals surface area contributed by atoms with Crippen molar-refractivity contribution in [2.24, 2.45) is 5.16 Å². The van der Waals surface area contributed by atoms with Crippen LogP contribution in [-0.2, 0) is 5.41 Å². The highest BCUT2D eigenvalue weighted by Crippen LogP contribution is 2.43. The first-order valence-electron chi connectivity index (χ1n) is 7.16. The lowest BCUT2D eigenvalue weighted by Gasteiger charge is -2.38. The van der Waals surface area contributed by atoms with Gasteiger partial charge in [-0.25, -0.2) is 0 Å². The van der Waals surface area contributed by atoms with Gasteiger partial charge in [-0.05, 0) is 36.8 Å². The Labute approximate surface area is 119 Å². The standard InChI is InChI=1S/C18H19NO/c20-19-17-11-13-18(14-12-17,15-7-3-1-4-8-15)16-9-5-2-6-10-16/h1-10,20H,11-14H2. The van der Waals surface area contributed by atoms with Crippen molar-refractivity contribution in [3.05, 3.63) is 71.8 Å². The molecule has 2 heteroatoms. The normalized spacial score (nSPS) is 17.7. The quantitative estimate of drug-likeness (QED) is 0.634. The van der Waals surface area contributed by atoms with Gasteiger partial charge in [0.2, 0.25) is 0 Å². The monoisotopic (exact) mass is 265 g/mol. The van der Waals surface area contributed by atoms with E-state index in [1.807, 2.05) is 0 Å². The molecule has 0 amide bonds. The largest absolute Gasteiger partial charge is 0.411 e. The van der Waals surface area contributed by atoms with Gasteiger partial charge in [-0.1, -0.05) is 65.8 Å². The Balaban J connectivity index is 2.05. The molecule has 0 saturated heterocycles. The van der Waals surface area contributed by atoms with Gasteiger partial charge in [-0.3, -0.25) is 0 Å². The second-order valence-electron chi connectivity index (χ2n) is 5.48. The zero-order valence-corrected chi connectivity index (χ0v) is 11.5. The van der Waals surface area contributed by atoms with Crippen LogP contribution in [0.2, 0.25) is 0 Å². The van der Waals surface area contributed by atoms with Crippen LogP contribution in [0.15, 0.2) is 65.8 Å². The Morgan fingerprint density at radius 3 is 1.60 bits per heavy atom. The molecule has 102 valence electrons. The summed E-state index contributed by atoms with van der Waals surface area (Å²) in [6.45, 7) is 0. The summed E-state index contributed by atoms with van der Waals surface area (Å²) in [7, 11) is 0. The maximum Gasteiger partial charge on any atom is 0.0571 e. The first-order chi connectivity index (χ1) is 9.85. The fourth-order valence-corrected chi connectivity index (χ4v) is 3.32. The fourth-order valence-electron chi connectivity index (χ4n) is 3.32. The van der Waals surface area contributed by atoms with Gasteiger partial charge in [0.25, 0.3) is 0 Å². The molecule has 1 aliphatic carbocycles. The minimum Gasteiger partial charge on any atom is -0.411 e. The first kappa shape index (κ1) is 12.9. The van der Waals surface area contributed by atoms with E-state index >= 15 is 0 Å². The second kappa shape index (κ2) is 5.49. The zero-order valence-electron chi connectivity index (χ0n) is 11.5. The fraction of sp³-hybridized carbons (Fsp3) is 0.278. The molecule has 1 aliphatic rings. The van der Waals surface area contributed by atoms with Crippen LogP contribution in [0, 0.1) is 0 Å². The molecule has 2 aromatic carbocycles. The third-order valence-electron chi connectivity index (χ3n) is 4.47. The van der Waals surface area contributed by atoms with E-state index in [0.717, 1.165) is 31.4 Å². The molecule has 0 unspecified atom stereocenters. The van der Waals surface area contributed by atoms with Gasteiger partial charge in [-0.15, -0.1) is 0 Å². The summed E-state index contributed by atoms with van der Waals surface area (Å²) in [4.78, 5) is 0. The molecule has 0 aromatic heterocycles. The van der Waals surface area contributed by atoms with Crippen molar-refractivity contribution in [2.75, 3.05) is 0 Å². The van der Waals surface area contributed by atoms with Crippen LogP contribution in [0.1, 0.15) is 36.8 Å². The molecule has 3 rings (SSSR count). The Morgan fingerprint density at radius 2 is 1.20 bits per heavy atom. The van der Waals surface area contributed by atoms with Crippen LogP contribution < -0.4 is 0 Å². The molecular formula is C18H19NO. The average molecular weight is 265 g/mol. The predicted molar refractivity (Wildman–Crippen MR) is 81.4 cm³/mol. The van der Waals surface area contributed by atoms with Crippen molar-refractivity contribution < 1.29 is 5.21 Å². The predicted octanol–water partition coefficient (Wildman–Crippen LogP) is 4.38. The number of benzene rings is 2. The van der Waals surface area contributed by atoms with Crippen molar-refractivity contribution in [2.45, 2.75) is 31.1 Å². The average Bonchev–Trinajstić information content (AvgIpc) is 2.56. The van der Waals surface area contributed by atoms with Crippen molar-refractivity contribution in [1.82, 2.24) is 0 Å². The molecule has 1 saturated carbocycles. The summed E-state index contributed by atoms with van der Waals surface area (Å²) in [6.07, 6.45) is 3.72. The molecule has 0 heterocycles. The zero-order chi connectivity index (χ0) is 13.8. The molecule has 0 radical (unpaired) electrons. The van der Waals surface area contributed by atoms with E-state index in [2.05, 4.69) is 65.8 Å². The highest BCUT2D eigenvalue weighted by molar-refractivity contribution is 5.85. The number of rotatable bonds is 2. The van der Waals surface area contributed by atoms with E-state index < -0.39 is 0 Å². The van der Waals surface area contributed by atoms with E-state index in [-0.39, 0.29) is 5.41 Å². The van der Waals surface area contributed by atoms with Crippen LogP contribution in [0.4, 0.5) is 0 Å². The highest BCUT2D eigenvalue weighted by Gasteiger charge is 2.37. The molecule has 0 spiro atoms. The van der Waals surface area contributed by atoms with E-state index in [1.165, 1.54) is 11.1 Å². The molecule has 20 heavy (non-hydrogen) atoms. The molecule has 0 bridgehead atoms. The van der Waals surface area contributed by atoms with Crippen molar-refractivity contribution in [3.63, 3.8) is 0 Å². The van der Waals surface area contributed by atoms with E-state index in [9.17, 15) is 0 Å². The van der Waals surface area contributed by atoms with Crippen molar-refractivity contribution >= 4 is 5.71 Å². The molecule has 1 fully saturated rings. The Morgan fingerprint density at radius 1 is 0.750 bits per heavy atom. The SMILES string of the molecule is ON=C1CCC(c2ccccc2)(c2ccccc2)CC1. The van der Waals surface area contributed by atoms with Gasteiger partial charge in [0, 0.05) is 5.41 Å². The van der Waals surface area contributed by atoms with Gasteiger partial charge in [0.15, 0.2) is 0 Å². The van der Waals surface area contributed by atoms with Gasteiger partial charge in [0.1, 0.15) is 0 Å². The van der Waals surface area contributed by atoms with Gasteiger partial charge >= 0.3 is 0 Å². The third kappa shape index (κ3) is 2.22. The van der Waals surface area contributed by atoms with Gasteiger partial charge in [0.05, 0.1) is 5.71 Å². The highest BCUT2D eigenvalue weighted by atomic mass is 16.4. The van der Waals surface area contributed by atoms with Crippen LogP contribution in [0.3, 0.4) is 0 Å². The summed E-state index contributed by atoms with van der Waals surface area (Å²) >= 11 is 0. The minimum absolute atomic E-state index is 0.0523. The van der Waals surface area contributed by atoms with Gasteiger partial charge < -0.3 is 5.21 Å². The molecular weight excluding hydrogens is 246 g/mol. The third-order valence-corrected chi connectivity index (χ3v) is 4.47. The maximum absolute atomic E-state index is 8.99.